The largest absolute Gasteiger partial charge is 0.497 e. The Morgan fingerprint density at radius 2 is 1.84 bits per heavy atom. The Bertz CT molecular complexity index is 1380. The van der Waals surface area contributed by atoms with Gasteiger partial charge in [0.2, 0.25) is 6.79 Å². The molecule has 0 saturated carbocycles. The number of carbonyl (C=O) groups excluding carboxylic acids is 1. The lowest BCUT2D eigenvalue weighted by molar-refractivity contribution is 0.102. The number of anilines is 1. The summed E-state index contributed by atoms with van der Waals surface area (Å²) in [6.45, 7) is 0.142. The summed E-state index contributed by atoms with van der Waals surface area (Å²) < 4.78 is 16.9. The lowest BCUT2D eigenvalue weighted by Crippen LogP contribution is -2.15. The lowest BCUT2D eigenvalue weighted by atomic mass is 10.0. The highest BCUT2D eigenvalue weighted by atomic mass is 32.1. The molecule has 1 aliphatic rings. The minimum Gasteiger partial charge on any atom is -0.497 e. The van der Waals surface area contributed by atoms with Crippen molar-refractivity contribution in [2.45, 2.75) is 0 Å². The maximum Gasteiger partial charge on any atom is 0.256 e. The van der Waals surface area contributed by atoms with Gasteiger partial charge in [0, 0.05) is 15.6 Å². The van der Waals surface area contributed by atoms with Crippen LogP contribution < -0.4 is 25.0 Å². The number of rotatable bonds is 4. The summed E-state index contributed by atoms with van der Waals surface area (Å²) >= 11 is 1.35. The highest BCUT2D eigenvalue weighted by molar-refractivity contribution is 7.22. The summed E-state index contributed by atoms with van der Waals surface area (Å²) in [5.74, 6) is 1.45. The Hall–Kier alpha value is -3.84. The molecular formula is C24H17NO5S. The predicted molar refractivity (Wildman–Crippen MR) is 121 cm³/mol. The number of amides is 1. The van der Waals surface area contributed by atoms with Crippen molar-refractivity contribution in [2.75, 3.05) is 19.2 Å². The van der Waals surface area contributed by atoms with E-state index in [9.17, 15) is 9.59 Å². The first-order valence-electron chi connectivity index (χ1n) is 9.55. The summed E-state index contributed by atoms with van der Waals surface area (Å²) in [5, 5.41) is 3.99. The maximum atomic E-state index is 13.4. The molecule has 3 aromatic carbocycles. The van der Waals surface area contributed by atoms with E-state index in [4.69, 9.17) is 14.2 Å². The molecule has 1 aromatic heterocycles. The SMILES string of the molecule is COc1cccc(C(=O)Nc2sc3ccccc3c(=O)c2-c2ccc3c(c2)OCO3)c1. The molecule has 0 radical (unpaired) electrons. The number of ether oxygens (including phenoxy) is 3. The summed E-state index contributed by atoms with van der Waals surface area (Å²) in [4.78, 5) is 26.4. The van der Waals surface area contributed by atoms with Gasteiger partial charge in [-0.1, -0.05) is 24.3 Å². The van der Waals surface area contributed by atoms with Crippen LogP contribution in [-0.4, -0.2) is 19.8 Å². The van der Waals surface area contributed by atoms with Crippen molar-refractivity contribution in [1.82, 2.24) is 0 Å². The van der Waals surface area contributed by atoms with Crippen LogP contribution >= 0.6 is 11.3 Å². The number of carbonyl (C=O) groups is 1. The molecule has 0 bridgehead atoms. The summed E-state index contributed by atoms with van der Waals surface area (Å²) in [6.07, 6.45) is 0. The molecular weight excluding hydrogens is 414 g/mol. The van der Waals surface area contributed by atoms with Crippen LogP contribution in [0.3, 0.4) is 0 Å². The molecule has 0 fully saturated rings. The molecule has 2 heterocycles. The van der Waals surface area contributed by atoms with Crippen LogP contribution in [0.1, 0.15) is 10.4 Å². The normalized spacial score (nSPS) is 12.0. The summed E-state index contributed by atoms with van der Waals surface area (Å²) in [6, 6.07) is 19.5. The molecule has 5 rings (SSSR count). The standard InChI is InChI=1S/C24H17NO5S/c1-28-16-6-4-5-15(11-16)23(27)25-24-21(14-9-10-18-19(12-14)30-13-29-18)22(26)17-7-2-3-8-20(17)31-24/h2-12H,13H2,1H3,(H,25,27). The molecule has 0 aliphatic carbocycles. The quantitative estimate of drug-likeness (QED) is 0.497. The number of methoxy groups -OCH3 is 1. The molecule has 6 nitrogen and oxygen atoms in total. The Labute approximate surface area is 181 Å². The monoisotopic (exact) mass is 431 g/mol. The molecule has 0 spiro atoms. The van der Waals surface area contributed by atoms with Gasteiger partial charge in [-0.15, -0.1) is 11.3 Å². The first-order valence-corrected chi connectivity index (χ1v) is 10.4. The van der Waals surface area contributed by atoms with E-state index >= 15 is 0 Å². The van der Waals surface area contributed by atoms with Crippen LogP contribution in [0.4, 0.5) is 5.00 Å². The molecule has 154 valence electrons. The van der Waals surface area contributed by atoms with Gasteiger partial charge >= 0.3 is 0 Å². The van der Waals surface area contributed by atoms with Crippen LogP contribution in [0.5, 0.6) is 17.2 Å². The van der Waals surface area contributed by atoms with Crippen LogP contribution in [0.25, 0.3) is 21.2 Å². The van der Waals surface area contributed by atoms with Gasteiger partial charge in [0.15, 0.2) is 16.9 Å². The van der Waals surface area contributed by atoms with E-state index in [2.05, 4.69) is 5.32 Å². The second-order valence-corrected chi connectivity index (χ2v) is 7.94. The molecule has 7 heteroatoms. The Balaban J connectivity index is 1.65. The third-order valence-corrected chi connectivity index (χ3v) is 6.10. The first-order chi connectivity index (χ1) is 15.1. The molecule has 1 N–H and O–H groups in total. The second-order valence-electron chi connectivity index (χ2n) is 6.89. The predicted octanol–water partition coefficient (Wildman–Crippen LogP) is 4.92. The van der Waals surface area contributed by atoms with E-state index in [0.717, 1.165) is 4.70 Å². The average Bonchev–Trinajstić information content (AvgIpc) is 3.27. The minimum absolute atomic E-state index is 0.142. The minimum atomic E-state index is -0.327. The molecule has 31 heavy (non-hydrogen) atoms. The fraction of sp³-hybridized carbons (Fsp3) is 0.0833. The third-order valence-electron chi connectivity index (χ3n) is 5.02. The van der Waals surface area contributed by atoms with Gasteiger partial charge in [0.05, 0.1) is 12.7 Å². The zero-order chi connectivity index (χ0) is 21.4. The van der Waals surface area contributed by atoms with Crippen LogP contribution in [0.15, 0.2) is 71.5 Å². The van der Waals surface area contributed by atoms with Gasteiger partial charge in [0.25, 0.3) is 5.91 Å². The van der Waals surface area contributed by atoms with E-state index in [1.54, 1.807) is 55.6 Å². The van der Waals surface area contributed by atoms with Crippen molar-refractivity contribution < 1.29 is 19.0 Å². The molecule has 0 atom stereocenters. The van der Waals surface area contributed by atoms with Crippen molar-refractivity contribution in [3.63, 3.8) is 0 Å². The second kappa shape index (κ2) is 7.77. The molecule has 1 amide bonds. The number of nitrogens with one attached hydrogen (secondary N) is 1. The van der Waals surface area contributed by atoms with Gasteiger partial charge in [-0.3, -0.25) is 9.59 Å². The van der Waals surface area contributed by atoms with Crippen LogP contribution in [-0.2, 0) is 0 Å². The zero-order valence-corrected chi connectivity index (χ0v) is 17.3. The lowest BCUT2D eigenvalue weighted by Gasteiger charge is -2.13. The van der Waals surface area contributed by atoms with Gasteiger partial charge in [-0.2, -0.15) is 0 Å². The molecule has 1 aliphatic heterocycles. The van der Waals surface area contributed by atoms with Gasteiger partial charge in [-0.05, 0) is 48.0 Å². The van der Waals surface area contributed by atoms with Crippen LogP contribution in [0, 0.1) is 0 Å². The van der Waals surface area contributed by atoms with Crippen molar-refractivity contribution in [3.8, 4) is 28.4 Å². The smallest absolute Gasteiger partial charge is 0.256 e. The molecule has 0 unspecified atom stereocenters. The van der Waals surface area contributed by atoms with Crippen molar-refractivity contribution in [3.05, 3.63) is 82.5 Å². The van der Waals surface area contributed by atoms with E-state index < -0.39 is 0 Å². The number of fused-ring (bicyclic) bond motifs is 2. The van der Waals surface area contributed by atoms with Crippen LogP contribution in [0.2, 0.25) is 0 Å². The van der Waals surface area contributed by atoms with E-state index in [0.29, 0.717) is 44.3 Å². The topological polar surface area (TPSA) is 73.9 Å². The van der Waals surface area contributed by atoms with E-state index in [-0.39, 0.29) is 18.1 Å². The fourth-order valence-corrected chi connectivity index (χ4v) is 4.58. The van der Waals surface area contributed by atoms with Gasteiger partial charge in [-0.25, -0.2) is 0 Å². The number of benzene rings is 3. The fourth-order valence-electron chi connectivity index (χ4n) is 3.48. The first kappa shape index (κ1) is 19.1. The van der Waals surface area contributed by atoms with E-state index in [1.165, 1.54) is 11.3 Å². The summed E-state index contributed by atoms with van der Waals surface area (Å²) in [5.41, 5.74) is 1.34. The Morgan fingerprint density at radius 1 is 1.00 bits per heavy atom. The molecule has 0 saturated heterocycles. The Kier molecular flexibility index (Phi) is 4.80. The third kappa shape index (κ3) is 3.49. The highest BCUT2D eigenvalue weighted by Gasteiger charge is 2.20. The molecule has 4 aromatic rings. The van der Waals surface area contributed by atoms with Crippen molar-refractivity contribution >= 4 is 32.3 Å². The number of hydrogen-bond donors (Lipinski definition) is 1. The average molecular weight is 431 g/mol. The summed E-state index contributed by atoms with van der Waals surface area (Å²) in [7, 11) is 1.55. The number of hydrogen-bond acceptors (Lipinski definition) is 6. The Morgan fingerprint density at radius 3 is 2.71 bits per heavy atom. The van der Waals surface area contributed by atoms with Crippen molar-refractivity contribution in [2.24, 2.45) is 0 Å². The highest BCUT2D eigenvalue weighted by Crippen LogP contribution is 2.39. The van der Waals surface area contributed by atoms with Gasteiger partial charge in [0.1, 0.15) is 10.8 Å². The maximum absolute atomic E-state index is 13.4. The van der Waals surface area contributed by atoms with Gasteiger partial charge < -0.3 is 19.5 Å². The zero-order valence-electron chi connectivity index (χ0n) is 16.5. The van der Waals surface area contributed by atoms with E-state index in [1.807, 2.05) is 18.2 Å². The van der Waals surface area contributed by atoms with Crippen molar-refractivity contribution in [1.29, 1.82) is 0 Å².